The highest BCUT2D eigenvalue weighted by molar-refractivity contribution is 5.19. The number of allylic oxidation sites excluding steroid dienone is 3. The highest BCUT2D eigenvalue weighted by atomic mass is 16.3. The van der Waals surface area contributed by atoms with Crippen LogP contribution in [0.15, 0.2) is 24.3 Å². The van der Waals surface area contributed by atoms with Crippen LogP contribution in [0.25, 0.3) is 0 Å². The van der Waals surface area contributed by atoms with Crippen molar-refractivity contribution >= 4 is 0 Å². The molecule has 0 aromatic heterocycles. The molecule has 0 fully saturated rings. The van der Waals surface area contributed by atoms with Crippen molar-refractivity contribution in [3.8, 4) is 0 Å². The predicted octanol–water partition coefficient (Wildman–Crippen LogP) is 2.92. The van der Waals surface area contributed by atoms with Crippen LogP contribution in [0.1, 0.15) is 33.6 Å². The summed E-state index contributed by atoms with van der Waals surface area (Å²) in [5.74, 6) is 0.275. The summed E-state index contributed by atoms with van der Waals surface area (Å²) in [5, 5.41) is 9.92. The molecule has 1 heteroatoms. The Balaban J connectivity index is 2.68. The Bertz CT molecular complexity index is 213. The van der Waals surface area contributed by atoms with Gasteiger partial charge in [0.1, 0.15) is 0 Å². The lowest BCUT2D eigenvalue weighted by atomic mass is 9.72. The summed E-state index contributed by atoms with van der Waals surface area (Å²) in [5.41, 5.74) is 0.101. The van der Waals surface area contributed by atoms with Crippen molar-refractivity contribution in [2.45, 2.75) is 39.7 Å². The van der Waals surface area contributed by atoms with E-state index < -0.39 is 0 Å². The molecular weight excluding hydrogens is 160 g/mol. The van der Waals surface area contributed by atoms with Crippen LogP contribution in [0.4, 0.5) is 0 Å². The van der Waals surface area contributed by atoms with E-state index >= 15 is 0 Å². The molecular formula is C12H20O. The molecule has 0 amide bonds. The predicted molar refractivity (Wildman–Crippen MR) is 56.5 cm³/mol. The SMILES string of the molecule is CCCC(O)C1C=CC=CC1(C)C. The minimum absolute atomic E-state index is 0.101. The molecule has 0 aromatic carbocycles. The van der Waals surface area contributed by atoms with Gasteiger partial charge in [-0.3, -0.25) is 0 Å². The van der Waals surface area contributed by atoms with Crippen LogP contribution in [-0.4, -0.2) is 11.2 Å². The maximum Gasteiger partial charge on any atom is 0.0610 e. The number of hydrogen-bond acceptors (Lipinski definition) is 1. The second kappa shape index (κ2) is 4.10. The van der Waals surface area contributed by atoms with Gasteiger partial charge in [0.05, 0.1) is 6.10 Å². The van der Waals surface area contributed by atoms with E-state index in [0.717, 1.165) is 12.8 Å². The second-order valence-corrected chi connectivity index (χ2v) is 4.45. The molecule has 1 nitrogen and oxygen atoms in total. The van der Waals surface area contributed by atoms with Crippen LogP contribution >= 0.6 is 0 Å². The summed E-state index contributed by atoms with van der Waals surface area (Å²) in [6.07, 6.45) is 10.2. The lowest BCUT2D eigenvalue weighted by Gasteiger charge is -2.34. The molecule has 1 aliphatic rings. The zero-order valence-corrected chi connectivity index (χ0v) is 8.83. The molecule has 2 unspecified atom stereocenters. The van der Waals surface area contributed by atoms with Gasteiger partial charge in [-0.25, -0.2) is 0 Å². The molecule has 0 spiro atoms. The fourth-order valence-corrected chi connectivity index (χ4v) is 1.95. The zero-order valence-electron chi connectivity index (χ0n) is 8.83. The van der Waals surface area contributed by atoms with Crippen LogP contribution in [0.2, 0.25) is 0 Å². The Labute approximate surface area is 81.2 Å². The van der Waals surface area contributed by atoms with Crippen LogP contribution in [0, 0.1) is 11.3 Å². The van der Waals surface area contributed by atoms with E-state index in [-0.39, 0.29) is 17.4 Å². The molecule has 1 aliphatic carbocycles. The third-order valence-electron chi connectivity index (χ3n) is 2.81. The van der Waals surface area contributed by atoms with E-state index in [4.69, 9.17) is 0 Å². The van der Waals surface area contributed by atoms with Gasteiger partial charge in [-0.15, -0.1) is 0 Å². The fourth-order valence-electron chi connectivity index (χ4n) is 1.95. The molecule has 13 heavy (non-hydrogen) atoms. The van der Waals surface area contributed by atoms with Gasteiger partial charge in [0.25, 0.3) is 0 Å². The molecule has 74 valence electrons. The summed E-state index contributed by atoms with van der Waals surface area (Å²) < 4.78 is 0. The maximum absolute atomic E-state index is 9.92. The molecule has 1 N–H and O–H groups in total. The topological polar surface area (TPSA) is 20.2 Å². The highest BCUT2D eigenvalue weighted by Gasteiger charge is 2.31. The summed E-state index contributed by atoms with van der Waals surface area (Å²) >= 11 is 0. The van der Waals surface area contributed by atoms with Crippen LogP contribution < -0.4 is 0 Å². The molecule has 0 saturated heterocycles. The third-order valence-corrected chi connectivity index (χ3v) is 2.81. The van der Waals surface area contributed by atoms with Crippen LogP contribution in [0.5, 0.6) is 0 Å². The van der Waals surface area contributed by atoms with E-state index in [9.17, 15) is 5.11 Å². The van der Waals surface area contributed by atoms with Crippen molar-refractivity contribution in [2.75, 3.05) is 0 Å². The van der Waals surface area contributed by atoms with Crippen molar-refractivity contribution in [1.82, 2.24) is 0 Å². The summed E-state index contributed by atoms with van der Waals surface area (Å²) in [6.45, 7) is 6.46. The molecule has 0 aliphatic heterocycles. The zero-order chi connectivity index (χ0) is 9.90. The van der Waals surface area contributed by atoms with Gasteiger partial charge < -0.3 is 5.11 Å². The van der Waals surface area contributed by atoms with Crippen molar-refractivity contribution in [1.29, 1.82) is 0 Å². The van der Waals surface area contributed by atoms with Gasteiger partial charge in [-0.05, 0) is 11.8 Å². The fraction of sp³-hybridized carbons (Fsp3) is 0.667. The van der Waals surface area contributed by atoms with E-state index in [1.807, 2.05) is 6.08 Å². The van der Waals surface area contributed by atoms with Crippen LogP contribution in [-0.2, 0) is 0 Å². The van der Waals surface area contributed by atoms with Crippen molar-refractivity contribution in [3.63, 3.8) is 0 Å². The molecule has 0 aromatic rings. The standard InChI is InChI=1S/C12H20O/c1-4-7-11(13)10-8-5-6-9-12(10,2)3/h5-6,8-11,13H,4,7H2,1-3H3. The Morgan fingerprint density at radius 3 is 2.62 bits per heavy atom. The minimum atomic E-state index is -0.193. The van der Waals surface area contributed by atoms with E-state index in [1.54, 1.807) is 0 Å². The van der Waals surface area contributed by atoms with Gasteiger partial charge >= 0.3 is 0 Å². The Morgan fingerprint density at radius 2 is 2.08 bits per heavy atom. The Hall–Kier alpha value is -0.560. The molecule has 1 rings (SSSR count). The van der Waals surface area contributed by atoms with Crippen molar-refractivity contribution in [3.05, 3.63) is 24.3 Å². The third kappa shape index (κ3) is 2.44. The number of aliphatic hydroxyl groups is 1. The first-order chi connectivity index (χ1) is 6.08. The van der Waals surface area contributed by atoms with E-state index in [1.165, 1.54) is 0 Å². The summed E-state index contributed by atoms with van der Waals surface area (Å²) in [6, 6.07) is 0. The van der Waals surface area contributed by atoms with E-state index in [0.29, 0.717) is 0 Å². The largest absolute Gasteiger partial charge is 0.392 e. The average Bonchev–Trinajstić information content (AvgIpc) is 2.03. The first-order valence-corrected chi connectivity index (χ1v) is 5.12. The highest BCUT2D eigenvalue weighted by Crippen LogP contribution is 2.35. The van der Waals surface area contributed by atoms with Crippen molar-refractivity contribution < 1.29 is 5.11 Å². The number of aliphatic hydroxyl groups excluding tert-OH is 1. The average molecular weight is 180 g/mol. The maximum atomic E-state index is 9.92. The number of rotatable bonds is 3. The lowest BCUT2D eigenvalue weighted by molar-refractivity contribution is 0.0743. The lowest BCUT2D eigenvalue weighted by Crippen LogP contribution is -2.32. The molecule has 0 heterocycles. The first-order valence-electron chi connectivity index (χ1n) is 5.12. The first kappa shape index (κ1) is 10.5. The molecule has 0 bridgehead atoms. The molecule has 0 saturated carbocycles. The summed E-state index contributed by atoms with van der Waals surface area (Å²) in [4.78, 5) is 0. The summed E-state index contributed by atoms with van der Waals surface area (Å²) in [7, 11) is 0. The normalized spacial score (nSPS) is 27.5. The van der Waals surface area contributed by atoms with Gasteiger partial charge in [0.15, 0.2) is 0 Å². The van der Waals surface area contributed by atoms with E-state index in [2.05, 4.69) is 39.0 Å². The monoisotopic (exact) mass is 180 g/mol. The Morgan fingerprint density at radius 1 is 1.38 bits per heavy atom. The Kier molecular flexibility index (Phi) is 3.32. The number of hydrogen-bond donors (Lipinski definition) is 1. The van der Waals surface area contributed by atoms with Gasteiger partial charge in [0, 0.05) is 5.92 Å². The van der Waals surface area contributed by atoms with Crippen LogP contribution in [0.3, 0.4) is 0 Å². The molecule has 0 radical (unpaired) electrons. The second-order valence-electron chi connectivity index (χ2n) is 4.45. The van der Waals surface area contributed by atoms with Gasteiger partial charge in [0.2, 0.25) is 0 Å². The van der Waals surface area contributed by atoms with Gasteiger partial charge in [-0.1, -0.05) is 51.5 Å². The quantitative estimate of drug-likeness (QED) is 0.708. The minimum Gasteiger partial charge on any atom is -0.392 e. The smallest absolute Gasteiger partial charge is 0.0610 e. The molecule has 2 atom stereocenters. The van der Waals surface area contributed by atoms with Crippen molar-refractivity contribution in [2.24, 2.45) is 11.3 Å². The van der Waals surface area contributed by atoms with Gasteiger partial charge in [-0.2, -0.15) is 0 Å².